The van der Waals surface area contributed by atoms with E-state index in [2.05, 4.69) is 24.1 Å². The van der Waals surface area contributed by atoms with Crippen LogP contribution in [-0.4, -0.2) is 32.3 Å². The van der Waals surface area contributed by atoms with Gasteiger partial charge in [-0.3, -0.25) is 0 Å². The van der Waals surface area contributed by atoms with Crippen molar-refractivity contribution >= 4 is 17.3 Å². The fourth-order valence-electron chi connectivity index (χ4n) is 2.55. The first-order valence-electron chi connectivity index (χ1n) is 6.93. The summed E-state index contributed by atoms with van der Waals surface area (Å²) < 4.78 is 5.66. The van der Waals surface area contributed by atoms with Crippen molar-refractivity contribution in [3.63, 3.8) is 0 Å². The maximum Gasteiger partial charge on any atom is 0.0750 e. The van der Waals surface area contributed by atoms with Gasteiger partial charge in [-0.15, -0.1) is 0 Å². The molecule has 1 aliphatic rings. The minimum Gasteiger partial charge on any atom is -0.376 e. The molecular weight excluding hydrogens is 260 g/mol. The maximum atomic E-state index is 6.37. The fraction of sp³-hybridized carbons (Fsp3) is 0.600. The second-order valence-electron chi connectivity index (χ2n) is 5.48. The van der Waals surface area contributed by atoms with Gasteiger partial charge in [-0.2, -0.15) is 0 Å². The average Bonchev–Trinajstić information content (AvgIpc) is 2.80. The Labute approximate surface area is 120 Å². The molecule has 1 heterocycles. The molecule has 1 aliphatic heterocycles. The maximum absolute atomic E-state index is 6.37. The molecule has 0 bridgehead atoms. The van der Waals surface area contributed by atoms with Crippen LogP contribution < -0.4 is 10.6 Å². The number of nitrogens with two attached hydrogens (primary N) is 1. The van der Waals surface area contributed by atoms with Crippen LogP contribution in [0, 0.1) is 0 Å². The number of halogens is 1. The Hall–Kier alpha value is -0.770. The number of hydrogen-bond acceptors (Lipinski definition) is 3. The van der Waals surface area contributed by atoms with Crippen LogP contribution >= 0.6 is 11.6 Å². The van der Waals surface area contributed by atoms with Crippen molar-refractivity contribution in [1.82, 2.24) is 0 Å². The highest BCUT2D eigenvalue weighted by Crippen LogP contribution is 2.27. The fourth-order valence-corrected chi connectivity index (χ4v) is 2.90. The van der Waals surface area contributed by atoms with E-state index in [1.807, 2.05) is 13.0 Å². The standard InChI is InChI=1S/C15H23ClN2O/c1-11(17)8-12-5-6-15(14(16)9-12)18(2)10-13-4-3-7-19-13/h5-6,9,11,13H,3-4,7-8,10,17H2,1-2H3. The first-order valence-corrected chi connectivity index (χ1v) is 7.31. The highest BCUT2D eigenvalue weighted by molar-refractivity contribution is 6.33. The van der Waals surface area contributed by atoms with E-state index in [0.29, 0.717) is 6.10 Å². The number of likely N-dealkylation sites (N-methyl/N-ethyl adjacent to an activating group) is 1. The topological polar surface area (TPSA) is 38.5 Å². The molecule has 0 spiro atoms. The summed E-state index contributed by atoms with van der Waals surface area (Å²) in [4.78, 5) is 2.17. The van der Waals surface area contributed by atoms with Gasteiger partial charge in [0.1, 0.15) is 0 Å². The average molecular weight is 283 g/mol. The predicted molar refractivity (Wildman–Crippen MR) is 81.0 cm³/mol. The Bertz CT molecular complexity index is 417. The molecule has 2 atom stereocenters. The van der Waals surface area contributed by atoms with Crippen LogP contribution in [-0.2, 0) is 11.2 Å². The van der Waals surface area contributed by atoms with Gasteiger partial charge in [0.15, 0.2) is 0 Å². The van der Waals surface area contributed by atoms with Crippen molar-refractivity contribution in [2.75, 3.05) is 25.1 Å². The molecule has 1 aromatic carbocycles. The highest BCUT2D eigenvalue weighted by Gasteiger charge is 2.18. The lowest BCUT2D eigenvalue weighted by Gasteiger charge is -2.24. The van der Waals surface area contributed by atoms with Gasteiger partial charge in [0.05, 0.1) is 16.8 Å². The molecular formula is C15H23ClN2O. The number of nitrogens with zero attached hydrogens (tertiary/aromatic N) is 1. The molecule has 19 heavy (non-hydrogen) atoms. The van der Waals surface area contributed by atoms with Crippen LogP contribution in [0.2, 0.25) is 5.02 Å². The third kappa shape index (κ3) is 4.10. The van der Waals surface area contributed by atoms with Crippen LogP contribution in [0.5, 0.6) is 0 Å². The normalized spacial score (nSPS) is 20.5. The molecule has 2 unspecified atom stereocenters. The quantitative estimate of drug-likeness (QED) is 0.902. The molecule has 0 aliphatic carbocycles. The van der Waals surface area contributed by atoms with Crippen LogP contribution in [0.1, 0.15) is 25.3 Å². The lowest BCUT2D eigenvalue weighted by molar-refractivity contribution is 0.116. The van der Waals surface area contributed by atoms with Gasteiger partial charge in [0.2, 0.25) is 0 Å². The third-order valence-electron chi connectivity index (χ3n) is 3.48. The zero-order valence-corrected chi connectivity index (χ0v) is 12.5. The van der Waals surface area contributed by atoms with Gasteiger partial charge in [0, 0.05) is 26.2 Å². The predicted octanol–water partition coefficient (Wildman–Crippen LogP) is 2.84. The van der Waals surface area contributed by atoms with E-state index >= 15 is 0 Å². The zero-order chi connectivity index (χ0) is 13.8. The number of rotatable bonds is 5. The Morgan fingerprint density at radius 2 is 2.32 bits per heavy atom. The van der Waals surface area contributed by atoms with Gasteiger partial charge in [-0.05, 0) is 43.9 Å². The molecule has 1 saturated heterocycles. The first kappa shape index (κ1) is 14.6. The van der Waals surface area contributed by atoms with Crippen molar-refractivity contribution in [3.8, 4) is 0 Å². The van der Waals surface area contributed by atoms with E-state index < -0.39 is 0 Å². The molecule has 1 aromatic rings. The Morgan fingerprint density at radius 3 is 2.89 bits per heavy atom. The zero-order valence-electron chi connectivity index (χ0n) is 11.7. The number of hydrogen-bond donors (Lipinski definition) is 1. The molecule has 2 rings (SSSR count). The highest BCUT2D eigenvalue weighted by atomic mass is 35.5. The van der Waals surface area contributed by atoms with Crippen molar-refractivity contribution in [2.24, 2.45) is 5.73 Å². The summed E-state index contributed by atoms with van der Waals surface area (Å²) in [6.07, 6.45) is 3.50. The summed E-state index contributed by atoms with van der Waals surface area (Å²) in [5.41, 5.74) is 8.06. The lowest BCUT2D eigenvalue weighted by atomic mass is 10.1. The molecule has 0 radical (unpaired) electrons. The summed E-state index contributed by atoms with van der Waals surface area (Å²) in [5.74, 6) is 0. The second-order valence-corrected chi connectivity index (χ2v) is 5.89. The van der Waals surface area contributed by atoms with Gasteiger partial charge in [-0.1, -0.05) is 17.7 Å². The number of anilines is 1. The Morgan fingerprint density at radius 1 is 1.53 bits per heavy atom. The first-order chi connectivity index (χ1) is 9.06. The molecule has 4 heteroatoms. The summed E-state index contributed by atoms with van der Waals surface area (Å²) in [5, 5.41) is 0.790. The molecule has 3 nitrogen and oxygen atoms in total. The molecule has 106 valence electrons. The van der Waals surface area contributed by atoms with Crippen LogP contribution in [0.25, 0.3) is 0 Å². The third-order valence-corrected chi connectivity index (χ3v) is 3.79. The monoisotopic (exact) mass is 282 g/mol. The van der Waals surface area contributed by atoms with E-state index in [1.54, 1.807) is 0 Å². The lowest BCUT2D eigenvalue weighted by Crippen LogP contribution is -2.28. The van der Waals surface area contributed by atoms with Crippen molar-refractivity contribution in [1.29, 1.82) is 0 Å². The van der Waals surface area contributed by atoms with Crippen molar-refractivity contribution in [2.45, 2.75) is 38.3 Å². The largest absolute Gasteiger partial charge is 0.376 e. The Balaban J connectivity index is 2.02. The van der Waals surface area contributed by atoms with E-state index in [4.69, 9.17) is 22.1 Å². The van der Waals surface area contributed by atoms with Crippen molar-refractivity contribution < 1.29 is 4.74 Å². The molecule has 0 amide bonds. The minimum absolute atomic E-state index is 0.159. The smallest absolute Gasteiger partial charge is 0.0750 e. The van der Waals surface area contributed by atoms with Gasteiger partial charge in [-0.25, -0.2) is 0 Å². The van der Waals surface area contributed by atoms with E-state index in [1.165, 1.54) is 12.0 Å². The summed E-state index contributed by atoms with van der Waals surface area (Å²) in [7, 11) is 2.06. The molecule has 1 fully saturated rings. The van der Waals surface area contributed by atoms with E-state index in [9.17, 15) is 0 Å². The van der Waals surface area contributed by atoms with Crippen LogP contribution in [0.3, 0.4) is 0 Å². The van der Waals surface area contributed by atoms with Gasteiger partial charge in [0.25, 0.3) is 0 Å². The van der Waals surface area contributed by atoms with E-state index in [-0.39, 0.29) is 6.04 Å². The minimum atomic E-state index is 0.159. The second kappa shape index (κ2) is 6.60. The van der Waals surface area contributed by atoms with Crippen LogP contribution in [0.15, 0.2) is 18.2 Å². The van der Waals surface area contributed by atoms with Crippen molar-refractivity contribution in [3.05, 3.63) is 28.8 Å². The van der Waals surface area contributed by atoms with Gasteiger partial charge >= 0.3 is 0 Å². The van der Waals surface area contributed by atoms with Crippen LogP contribution in [0.4, 0.5) is 5.69 Å². The van der Waals surface area contributed by atoms with Gasteiger partial charge < -0.3 is 15.4 Å². The van der Waals surface area contributed by atoms with E-state index in [0.717, 1.165) is 36.7 Å². The molecule has 0 saturated carbocycles. The Kier molecular flexibility index (Phi) is 5.08. The molecule has 0 aromatic heterocycles. The number of ether oxygens (including phenoxy) is 1. The summed E-state index contributed by atoms with van der Waals surface area (Å²) >= 11 is 6.37. The number of benzene rings is 1. The summed E-state index contributed by atoms with van der Waals surface area (Å²) in [6, 6.07) is 6.37. The molecule has 2 N–H and O–H groups in total. The summed E-state index contributed by atoms with van der Waals surface area (Å²) in [6.45, 7) is 3.79. The SMILES string of the molecule is CC(N)Cc1ccc(N(C)CC2CCCO2)c(Cl)c1.